The lowest BCUT2D eigenvalue weighted by Gasteiger charge is -2.28. The van der Waals surface area contributed by atoms with E-state index < -0.39 is 0 Å². The molecule has 0 bridgehead atoms. The minimum absolute atomic E-state index is 0.0326. The fourth-order valence-corrected chi connectivity index (χ4v) is 6.98. The molecule has 0 radical (unpaired) electrons. The van der Waals surface area contributed by atoms with Crippen molar-refractivity contribution >= 4 is 23.9 Å². The summed E-state index contributed by atoms with van der Waals surface area (Å²) in [6.45, 7) is 6.33. The van der Waals surface area contributed by atoms with Crippen LogP contribution in [-0.2, 0) is 20.7 Å². The molecule has 276 valence electrons. The number of hydrogen-bond donors (Lipinski definition) is 3. The summed E-state index contributed by atoms with van der Waals surface area (Å²) in [5.41, 5.74) is 7.66. The summed E-state index contributed by atoms with van der Waals surface area (Å²) in [6, 6.07) is 17.2. The monoisotopic (exact) mass is 725 g/mol. The van der Waals surface area contributed by atoms with Crippen LogP contribution in [0.1, 0.15) is 70.1 Å². The van der Waals surface area contributed by atoms with Crippen LogP contribution >= 0.6 is 11.6 Å². The number of aromatic nitrogens is 4. The molecule has 2 aromatic heterocycles. The van der Waals surface area contributed by atoms with E-state index >= 15 is 0 Å². The zero-order chi connectivity index (χ0) is 36.9. The number of ether oxygens (including phenoxy) is 1. The molecule has 2 aromatic carbocycles. The molecule has 10 nitrogen and oxygen atoms in total. The first kappa shape index (κ1) is 38.7. The molecule has 2 aliphatic rings. The molecule has 4 aromatic rings. The Balaban J connectivity index is 0.000000803. The van der Waals surface area contributed by atoms with Gasteiger partial charge in [0, 0.05) is 37.2 Å². The number of benzene rings is 2. The van der Waals surface area contributed by atoms with Gasteiger partial charge in [-0.1, -0.05) is 80.1 Å². The van der Waals surface area contributed by atoms with Gasteiger partial charge in [0.25, 0.3) is 0 Å². The van der Waals surface area contributed by atoms with Crippen LogP contribution in [0.25, 0.3) is 33.6 Å². The molecule has 1 aliphatic carbocycles. The Morgan fingerprint density at radius 3 is 2.25 bits per heavy atom. The number of rotatable bonds is 15. The van der Waals surface area contributed by atoms with Crippen LogP contribution in [0, 0.1) is 0 Å². The number of hydrogen-bond acceptors (Lipinski definition) is 6. The summed E-state index contributed by atoms with van der Waals surface area (Å²) in [7, 11) is 4.20. The van der Waals surface area contributed by atoms with Crippen molar-refractivity contribution in [1.82, 2.24) is 35.1 Å². The maximum absolute atomic E-state index is 12.7. The van der Waals surface area contributed by atoms with Gasteiger partial charge in [0.1, 0.15) is 18.3 Å². The molecule has 1 saturated heterocycles. The standard InChI is InChI=1S/C37H43ClN6O2.C4H9NO/c1-4-20-46-24-36(45)44-19-7-10-33(44)37-40-23-32(42-37)28-17-13-26(14-18-28)25-11-15-27(16-12-25)31-22-39-35(41-31)21-34(43(2)3)29-8-5-6-9-30(29)38;1-2-3-5-4-6/h6,9,11-18,22-23,33-34H,4-5,7-8,10,19-21,24H2,1-3H3,(H,39,41)(H,40,42);4H,2-3H2,1H3,(H,5,6). The van der Waals surface area contributed by atoms with E-state index in [0.717, 1.165) is 108 Å². The van der Waals surface area contributed by atoms with Crippen molar-refractivity contribution in [3.05, 3.63) is 95.3 Å². The van der Waals surface area contributed by atoms with Gasteiger partial charge in [-0.15, -0.1) is 0 Å². The summed E-state index contributed by atoms with van der Waals surface area (Å²) >= 11 is 6.57. The van der Waals surface area contributed by atoms with E-state index in [1.807, 2.05) is 37.2 Å². The SMILES string of the molecule is CCCNC=O.CCCOCC(=O)N1CCCC1c1ncc(-c2ccc(-c3ccc(-c4cnc(CC(C5=C(Cl)C=CCC5)N(C)C)[nH]4)cc3)cc2)[nH]1. The highest BCUT2D eigenvalue weighted by molar-refractivity contribution is 6.31. The summed E-state index contributed by atoms with van der Waals surface area (Å²) in [5.74, 6) is 1.82. The van der Waals surface area contributed by atoms with E-state index in [2.05, 4.69) is 93.9 Å². The van der Waals surface area contributed by atoms with Crippen LogP contribution in [-0.4, -0.2) is 88.5 Å². The fourth-order valence-electron chi connectivity index (χ4n) is 6.67. The molecule has 3 N–H and O–H groups in total. The van der Waals surface area contributed by atoms with E-state index in [-0.39, 0.29) is 24.6 Å². The molecule has 2 atom stereocenters. The van der Waals surface area contributed by atoms with E-state index in [9.17, 15) is 9.59 Å². The predicted molar refractivity (Wildman–Crippen MR) is 209 cm³/mol. The summed E-state index contributed by atoms with van der Waals surface area (Å²) in [4.78, 5) is 42.7. The molecule has 3 heterocycles. The van der Waals surface area contributed by atoms with Crippen LogP contribution < -0.4 is 5.32 Å². The van der Waals surface area contributed by atoms with Gasteiger partial charge in [-0.05, 0) is 86.5 Å². The molecule has 11 heteroatoms. The number of imidazole rings is 2. The number of nitrogens with one attached hydrogen (secondary N) is 3. The zero-order valence-electron chi connectivity index (χ0n) is 30.8. The molecule has 2 unspecified atom stereocenters. The van der Waals surface area contributed by atoms with Crippen molar-refractivity contribution in [2.24, 2.45) is 0 Å². The minimum atomic E-state index is -0.0326. The molecule has 52 heavy (non-hydrogen) atoms. The smallest absolute Gasteiger partial charge is 0.249 e. The Labute approximate surface area is 312 Å². The lowest BCUT2D eigenvalue weighted by Crippen LogP contribution is -2.34. The number of nitrogens with zero attached hydrogens (tertiary/aromatic N) is 4. The van der Waals surface area contributed by atoms with Crippen molar-refractivity contribution < 1.29 is 14.3 Å². The highest BCUT2D eigenvalue weighted by Gasteiger charge is 2.32. The average Bonchev–Trinajstić information content (AvgIpc) is 3.96. The van der Waals surface area contributed by atoms with Gasteiger partial charge in [0.2, 0.25) is 12.3 Å². The maximum Gasteiger partial charge on any atom is 0.249 e. The van der Waals surface area contributed by atoms with Crippen molar-refractivity contribution in [2.75, 3.05) is 40.4 Å². The Hall–Kier alpha value is -4.51. The molecule has 1 aliphatic heterocycles. The van der Waals surface area contributed by atoms with Gasteiger partial charge in [0.05, 0.1) is 29.8 Å². The number of carbonyl (C=O) groups excluding carboxylic acids is 2. The number of likely N-dealkylation sites (N-methyl/N-ethyl adjacent to an activating group) is 1. The van der Waals surface area contributed by atoms with Gasteiger partial charge >= 0.3 is 0 Å². The number of H-pyrrole nitrogens is 2. The number of amides is 2. The van der Waals surface area contributed by atoms with Crippen LogP contribution in [0.4, 0.5) is 0 Å². The van der Waals surface area contributed by atoms with E-state index in [4.69, 9.17) is 21.3 Å². The number of aromatic amines is 2. The van der Waals surface area contributed by atoms with Crippen LogP contribution in [0.15, 0.2) is 83.7 Å². The summed E-state index contributed by atoms with van der Waals surface area (Å²) in [6.07, 6.45) is 15.2. The van der Waals surface area contributed by atoms with Gasteiger partial charge in [-0.3, -0.25) is 9.59 Å². The Bertz CT molecular complexity index is 1790. The molecule has 0 saturated carbocycles. The summed E-state index contributed by atoms with van der Waals surface area (Å²) < 4.78 is 5.50. The molecule has 6 rings (SSSR count). The molecular formula is C41H52ClN7O3. The van der Waals surface area contributed by atoms with Crippen molar-refractivity contribution in [2.45, 2.75) is 70.9 Å². The number of likely N-dealkylation sites (tertiary alicyclic amines) is 1. The van der Waals surface area contributed by atoms with Gasteiger partial charge in [-0.25, -0.2) is 9.97 Å². The first-order valence-corrected chi connectivity index (χ1v) is 18.8. The number of allylic oxidation sites excluding steroid dienone is 3. The average molecular weight is 726 g/mol. The van der Waals surface area contributed by atoms with Gasteiger partial charge in [-0.2, -0.15) is 0 Å². The van der Waals surface area contributed by atoms with Crippen LogP contribution in [0.2, 0.25) is 0 Å². The van der Waals surface area contributed by atoms with Gasteiger partial charge in [0.15, 0.2) is 0 Å². The predicted octanol–water partition coefficient (Wildman–Crippen LogP) is 7.68. The van der Waals surface area contributed by atoms with E-state index in [1.165, 1.54) is 5.57 Å². The largest absolute Gasteiger partial charge is 0.372 e. The lowest BCUT2D eigenvalue weighted by molar-refractivity contribution is -0.137. The third kappa shape index (κ3) is 10.1. The number of carbonyl (C=O) groups is 2. The normalized spacial score (nSPS) is 16.2. The topological polar surface area (TPSA) is 119 Å². The quantitative estimate of drug-likeness (QED) is 0.0855. The second-order valence-electron chi connectivity index (χ2n) is 13.4. The molecule has 1 fully saturated rings. The molecule has 0 spiro atoms. The van der Waals surface area contributed by atoms with Gasteiger partial charge < -0.3 is 29.8 Å². The zero-order valence-corrected chi connectivity index (χ0v) is 31.6. The molecular weight excluding hydrogens is 674 g/mol. The Kier molecular flexibility index (Phi) is 14.4. The summed E-state index contributed by atoms with van der Waals surface area (Å²) in [5, 5.41) is 3.37. The maximum atomic E-state index is 12.7. The third-order valence-electron chi connectivity index (χ3n) is 9.45. The van der Waals surface area contributed by atoms with Crippen molar-refractivity contribution in [3.8, 4) is 33.6 Å². The molecule has 2 amide bonds. The highest BCUT2D eigenvalue weighted by atomic mass is 35.5. The Morgan fingerprint density at radius 2 is 1.65 bits per heavy atom. The minimum Gasteiger partial charge on any atom is -0.372 e. The fraction of sp³-hybridized carbons (Fsp3) is 0.415. The Morgan fingerprint density at radius 1 is 1.00 bits per heavy atom. The lowest BCUT2D eigenvalue weighted by atomic mass is 9.94. The first-order chi connectivity index (χ1) is 25.3. The van der Waals surface area contributed by atoms with Crippen LogP contribution in [0.5, 0.6) is 0 Å². The number of halogens is 1. The second kappa shape index (κ2) is 19.4. The third-order valence-corrected chi connectivity index (χ3v) is 9.82. The van der Waals surface area contributed by atoms with Crippen LogP contribution in [0.3, 0.4) is 0 Å². The highest BCUT2D eigenvalue weighted by Crippen LogP contribution is 2.33. The van der Waals surface area contributed by atoms with Crippen molar-refractivity contribution in [1.29, 1.82) is 0 Å². The van der Waals surface area contributed by atoms with E-state index in [1.54, 1.807) is 0 Å². The van der Waals surface area contributed by atoms with Crippen molar-refractivity contribution in [3.63, 3.8) is 0 Å². The first-order valence-electron chi connectivity index (χ1n) is 18.4. The second-order valence-corrected chi connectivity index (χ2v) is 13.9. The van der Waals surface area contributed by atoms with E-state index in [0.29, 0.717) is 13.0 Å².